The van der Waals surface area contributed by atoms with E-state index in [1.54, 1.807) is 31.2 Å². The van der Waals surface area contributed by atoms with Gasteiger partial charge in [-0.2, -0.15) is 0 Å². The fourth-order valence-electron chi connectivity index (χ4n) is 3.09. The molecule has 0 saturated carbocycles. The number of carbonyl (C=O) groups excluding carboxylic acids is 2. The third kappa shape index (κ3) is 4.25. The second-order valence-corrected chi connectivity index (χ2v) is 6.63. The van der Waals surface area contributed by atoms with Crippen molar-refractivity contribution in [3.8, 4) is 11.5 Å². The fraction of sp³-hybridized carbons (Fsp3) is 0.174. The van der Waals surface area contributed by atoms with Gasteiger partial charge < -0.3 is 19.0 Å². The monoisotopic (exact) mass is 405 g/mol. The SMILES string of the molecule is CC(=NOCC(=O)OCC(=O)c1cccc2ccccc12)c1ccc2c(c1)OCO2. The highest BCUT2D eigenvalue weighted by Crippen LogP contribution is 2.32. The smallest absolute Gasteiger partial charge is 0.347 e. The summed E-state index contributed by atoms with van der Waals surface area (Å²) in [5.74, 6) is 0.353. The van der Waals surface area contributed by atoms with E-state index in [9.17, 15) is 9.59 Å². The fourth-order valence-corrected chi connectivity index (χ4v) is 3.09. The minimum atomic E-state index is -0.675. The van der Waals surface area contributed by atoms with Crippen LogP contribution in [-0.2, 0) is 14.4 Å². The zero-order chi connectivity index (χ0) is 20.9. The Morgan fingerprint density at radius 3 is 2.67 bits per heavy atom. The number of ether oxygens (including phenoxy) is 3. The van der Waals surface area contributed by atoms with Crippen molar-refractivity contribution in [1.82, 2.24) is 0 Å². The molecule has 0 radical (unpaired) electrons. The Morgan fingerprint density at radius 1 is 0.967 bits per heavy atom. The van der Waals surface area contributed by atoms with Gasteiger partial charge in [0.05, 0.1) is 5.71 Å². The van der Waals surface area contributed by atoms with Crippen molar-refractivity contribution in [1.29, 1.82) is 0 Å². The summed E-state index contributed by atoms with van der Waals surface area (Å²) in [7, 11) is 0. The Labute approximate surface area is 172 Å². The number of fused-ring (bicyclic) bond motifs is 2. The Kier molecular flexibility index (Phi) is 5.61. The van der Waals surface area contributed by atoms with Crippen LogP contribution in [-0.4, -0.2) is 37.5 Å². The van der Waals surface area contributed by atoms with E-state index in [-0.39, 0.29) is 19.2 Å². The van der Waals surface area contributed by atoms with Gasteiger partial charge in [-0.1, -0.05) is 47.6 Å². The summed E-state index contributed by atoms with van der Waals surface area (Å²) in [6.07, 6.45) is 0. The average molecular weight is 405 g/mol. The number of benzene rings is 3. The molecule has 4 rings (SSSR count). The highest BCUT2D eigenvalue weighted by Gasteiger charge is 2.15. The summed E-state index contributed by atoms with van der Waals surface area (Å²) >= 11 is 0. The topological polar surface area (TPSA) is 83.4 Å². The van der Waals surface area contributed by atoms with E-state index in [1.807, 2.05) is 36.4 Å². The molecule has 1 aliphatic heterocycles. The second kappa shape index (κ2) is 8.65. The van der Waals surface area contributed by atoms with Crippen LogP contribution in [0.5, 0.6) is 11.5 Å². The molecule has 0 aromatic heterocycles. The maximum atomic E-state index is 12.5. The van der Waals surface area contributed by atoms with Crippen molar-refractivity contribution >= 4 is 28.2 Å². The molecule has 152 valence electrons. The zero-order valence-electron chi connectivity index (χ0n) is 16.3. The van der Waals surface area contributed by atoms with Crippen LogP contribution in [0.2, 0.25) is 0 Å². The van der Waals surface area contributed by atoms with Gasteiger partial charge in [0, 0.05) is 11.1 Å². The van der Waals surface area contributed by atoms with E-state index in [1.165, 1.54) is 0 Å². The molecular weight excluding hydrogens is 386 g/mol. The summed E-state index contributed by atoms with van der Waals surface area (Å²) in [5, 5.41) is 5.69. The van der Waals surface area contributed by atoms with Crippen LogP contribution in [0.4, 0.5) is 0 Å². The number of carbonyl (C=O) groups is 2. The van der Waals surface area contributed by atoms with Crippen molar-refractivity contribution in [2.75, 3.05) is 20.0 Å². The van der Waals surface area contributed by atoms with E-state index in [4.69, 9.17) is 19.0 Å². The maximum Gasteiger partial charge on any atom is 0.347 e. The van der Waals surface area contributed by atoms with Gasteiger partial charge >= 0.3 is 5.97 Å². The molecule has 7 heteroatoms. The van der Waals surface area contributed by atoms with E-state index < -0.39 is 12.6 Å². The van der Waals surface area contributed by atoms with Crippen LogP contribution in [0.1, 0.15) is 22.8 Å². The predicted octanol–water partition coefficient (Wildman–Crippen LogP) is 3.74. The first-order chi connectivity index (χ1) is 14.6. The molecule has 30 heavy (non-hydrogen) atoms. The quantitative estimate of drug-likeness (QED) is 0.258. The molecule has 7 nitrogen and oxygen atoms in total. The molecule has 0 spiro atoms. The second-order valence-electron chi connectivity index (χ2n) is 6.63. The number of hydrogen-bond donors (Lipinski definition) is 0. The lowest BCUT2D eigenvalue weighted by Crippen LogP contribution is -2.17. The number of Topliss-reactive ketones (excluding diaryl/α,β-unsaturated/α-hetero) is 1. The van der Waals surface area contributed by atoms with E-state index in [0.717, 1.165) is 16.3 Å². The average Bonchev–Trinajstić information content (AvgIpc) is 3.25. The Morgan fingerprint density at radius 2 is 1.77 bits per heavy atom. The van der Waals surface area contributed by atoms with Gasteiger partial charge in [0.25, 0.3) is 0 Å². The molecule has 3 aromatic rings. The first kappa shape index (κ1) is 19.4. The number of hydrogen-bond acceptors (Lipinski definition) is 7. The molecule has 1 heterocycles. The molecule has 0 bridgehead atoms. The number of oxime groups is 1. The standard InChI is InChI=1S/C23H19NO6/c1-15(17-9-10-21-22(11-17)29-14-28-21)24-30-13-23(26)27-12-20(25)19-8-4-6-16-5-2-3-7-18(16)19/h2-11H,12-14H2,1H3. The van der Waals surface area contributed by atoms with Crippen molar-refractivity contribution in [2.45, 2.75) is 6.92 Å². The Balaban J connectivity index is 1.29. The Bertz CT molecular complexity index is 1130. The van der Waals surface area contributed by atoms with Crippen LogP contribution in [0.25, 0.3) is 10.8 Å². The number of ketones is 1. The van der Waals surface area contributed by atoms with Gasteiger partial charge in [0.1, 0.15) is 0 Å². The molecular formula is C23H19NO6. The molecule has 3 aromatic carbocycles. The molecule has 1 aliphatic rings. The summed E-state index contributed by atoms with van der Waals surface area (Å²) in [6, 6.07) is 18.4. The summed E-state index contributed by atoms with van der Waals surface area (Å²) < 4.78 is 15.6. The zero-order valence-corrected chi connectivity index (χ0v) is 16.3. The van der Waals surface area contributed by atoms with Gasteiger partial charge in [-0.15, -0.1) is 0 Å². The lowest BCUT2D eigenvalue weighted by molar-refractivity contribution is -0.147. The van der Waals surface area contributed by atoms with Crippen LogP contribution in [0, 0.1) is 0 Å². The minimum absolute atomic E-state index is 0.189. The van der Waals surface area contributed by atoms with Crippen molar-refractivity contribution in [2.24, 2.45) is 5.16 Å². The molecule has 0 aliphatic carbocycles. The van der Waals surface area contributed by atoms with E-state index in [0.29, 0.717) is 22.8 Å². The van der Waals surface area contributed by atoms with Crippen LogP contribution in [0.3, 0.4) is 0 Å². The molecule has 0 atom stereocenters. The van der Waals surface area contributed by atoms with E-state index in [2.05, 4.69) is 5.16 Å². The number of rotatable bonds is 7. The minimum Gasteiger partial charge on any atom is -0.455 e. The van der Waals surface area contributed by atoms with Crippen LogP contribution >= 0.6 is 0 Å². The number of nitrogens with zero attached hydrogens (tertiary/aromatic N) is 1. The summed E-state index contributed by atoms with van der Waals surface area (Å²) in [5.41, 5.74) is 1.85. The van der Waals surface area contributed by atoms with Crippen molar-refractivity contribution in [3.63, 3.8) is 0 Å². The van der Waals surface area contributed by atoms with Gasteiger partial charge in [0.2, 0.25) is 19.2 Å². The lowest BCUT2D eigenvalue weighted by atomic mass is 10.0. The molecule has 0 fully saturated rings. The first-order valence-electron chi connectivity index (χ1n) is 9.35. The molecule has 0 N–H and O–H groups in total. The third-order valence-corrected chi connectivity index (χ3v) is 4.63. The number of esters is 1. The normalized spacial score (nSPS) is 12.6. The van der Waals surface area contributed by atoms with E-state index >= 15 is 0 Å². The van der Waals surface area contributed by atoms with Crippen LogP contribution < -0.4 is 9.47 Å². The summed E-state index contributed by atoms with van der Waals surface area (Å²) in [6.45, 7) is 1.17. The Hall–Kier alpha value is -3.87. The molecule has 0 saturated heterocycles. The van der Waals surface area contributed by atoms with Crippen molar-refractivity contribution < 1.29 is 28.6 Å². The molecule has 0 amide bonds. The highest BCUT2D eigenvalue weighted by atomic mass is 16.7. The third-order valence-electron chi connectivity index (χ3n) is 4.63. The largest absolute Gasteiger partial charge is 0.455 e. The summed E-state index contributed by atoms with van der Waals surface area (Å²) in [4.78, 5) is 29.4. The van der Waals surface area contributed by atoms with Gasteiger partial charge in [0.15, 0.2) is 18.1 Å². The maximum absolute atomic E-state index is 12.5. The van der Waals surface area contributed by atoms with Crippen molar-refractivity contribution in [3.05, 3.63) is 71.8 Å². The lowest BCUT2D eigenvalue weighted by Gasteiger charge is -2.07. The predicted molar refractivity (Wildman–Crippen MR) is 110 cm³/mol. The molecule has 0 unspecified atom stereocenters. The van der Waals surface area contributed by atoms with Crippen LogP contribution in [0.15, 0.2) is 65.8 Å². The highest BCUT2D eigenvalue weighted by molar-refractivity contribution is 6.09. The van der Waals surface area contributed by atoms with Gasteiger partial charge in [-0.05, 0) is 35.9 Å². The first-order valence-corrected chi connectivity index (χ1v) is 9.35. The van der Waals surface area contributed by atoms with Gasteiger partial charge in [-0.25, -0.2) is 4.79 Å². The van der Waals surface area contributed by atoms with Gasteiger partial charge in [-0.3, -0.25) is 4.79 Å².